The van der Waals surface area contributed by atoms with Crippen LogP contribution in [0, 0.1) is 17.8 Å². The van der Waals surface area contributed by atoms with Crippen molar-refractivity contribution in [3.05, 3.63) is 66.7 Å². The highest BCUT2D eigenvalue weighted by atomic mass is 32.2. The van der Waals surface area contributed by atoms with Gasteiger partial charge in [-0.2, -0.15) is 18.2 Å². The van der Waals surface area contributed by atoms with Gasteiger partial charge in [-0.3, -0.25) is 0 Å². The summed E-state index contributed by atoms with van der Waals surface area (Å²) in [6, 6.07) is 21.4. The molecule has 13 heteroatoms. The van der Waals surface area contributed by atoms with E-state index in [1.54, 1.807) is 12.1 Å². The second-order valence-corrected chi connectivity index (χ2v) is 14.5. The number of hydrogen-bond acceptors (Lipinski definition) is 7. The zero-order valence-corrected chi connectivity index (χ0v) is 27.5. The summed E-state index contributed by atoms with van der Waals surface area (Å²) in [4.78, 5) is 18.9. The molecule has 0 bridgehead atoms. The molecule has 2 aliphatic carbocycles. The molecule has 2 saturated carbocycles. The summed E-state index contributed by atoms with van der Waals surface area (Å²) in [5.41, 5.74) is 0.957. The van der Waals surface area contributed by atoms with Crippen molar-refractivity contribution < 1.29 is 31.5 Å². The molecule has 0 radical (unpaired) electrons. The fourth-order valence-corrected chi connectivity index (χ4v) is 7.59. The minimum absolute atomic E-state index is 0.331. The van der Waals surface area contributed by atoms with E-state index >= 15 is 0 Å². The first kappa shape index (κ1) is 35.3. The van der Waals surface area contributed by atoms with Gasteiger partial charge >= 0.3 is 12.1 Å². The summed E-state index contributed by atoms with van der Waals surface area (Å²) >= 11 is 0. The molecule has 0 spiro atoms. The number of nitrogens with one attached hydrogen (secondary N) is 3. The lowest BCUT2D eigenvalue weighted by atomic mass is 9.82. The fraction of sp³-hybridized carbons (Fsp3) is 0.457. The van der Waals surface area contributed by atoms with Gasteiger partial charge in [0.1, 0.15) is 5.82 Å². The van der Waals surface area contributed by atoms with Crippen LogP contribution in [0.4, 0.5) is 24.9 Å². The highest BCUT2D eigenvalue weighted by Gasteiger charge is 2.38. The predicted molar refractivity (Wildman–Crippen MR) is 181 cm³/mol. The van der Waals surface area contributed by atoms with E-state index in [1.807, 2.05) is 42.5 Å². The van der Waals surface area contributed by atoms with Crippen LogP contribution in [0.2, 0.25) is 0 Å². The van der Waals surface area contributed by atoms with E-state index in [4.69, 9.17) is 19.9 Å². The van der Waals surface area contributed by atoms with Crippen LogP contribution in [0.25, 0.3) is 21.7 Å². The molecule has 0 aliphatic heterocycles. The van der Waals surface area contributed by atoms with Crippen LogP contribution in [-0.2, 0) is 14.8 Å². The van der Waals surface area contributed by atoms with Gasteiger partial charge in [-0.15, -0.1) is 0 Å². The number of nitrogens with zero attached hydrogens (tertiary/aromatic N) is 2. The third-order valence-corrected chi connectivity index (χ3v) is 10.7. The molecule has 6 rings (SSSR count). The normalized spacial score (nSPS) is 19.0. The molecule has 258 valence electrons. The monoisotopic (exact) mass is 685 g/mol. The lowest BCUT2D eigenvalue weighted by molar-refractivity contribution is -0.192. The van der Waals surface area contributed by atoms with Crippen LogP contribution < -0.4 is 15.4 Å². The number of fused-ring (bicyclic) bond motifs is 2. The van der Waals surface area contributed by atoms with E-state index in [0.717, 1.165) is 72.2 Å². The SMILES string of the molecule is O=C(O)C(F)(F)F.O=S(=O)(NCC1CCC(CNc2nc(NCC3CCCCC3)c3ccccc3n2)CC1)c1ccc2ccccc2c1. The number of carboxylic acid groups (broad SMARTS) is 1. The zero-order valence-electron chi connectivity index (χ0n) is 26.7. The molecule has 0 unspecified atom stereocenters. The molecule has 48 heavy (non-hydrogen) atoms. The van der Waals surface area contributed by atoms with Crippen LogP contribution in [0.15, 0.2) is 71.6 Å². The Kier molecular flexibility index (Phi) is 11.7. The number of carboxylic acids is 1. The number of para-hydroxylation sites is 1. The molecule has 2 aliphatic rings. The van der Waals surface area contributed by atoms with Gasteiger partial charge in [0.05, 0.1) is 10.4 Å². The summed E-state index contributed by atoms with van der Waals surface area (Å²) in [5, 5.41) is 17.3. The van der Waals surface area contributed by atoms with Gasteiger partial charge in [0.25, 0.3) is 0 Å². The van der Waals surface area contributed by atoms with E-state index in [0.29, 0.717) is 29.2 Å². The van der Waals surface area contributed by atoms with Crippen molar-refractivity contribution >= 4 is 49.4 Å². The number of sulfonamides is 1. The lowest BCUT2D eigenvalue weighted by Crippen LogP contribution is -2.32. The van der Waals surface area contributed by atoms with Crippen molar-refractivity contribution in [1.29, 1.82) is 0 Å². The summed E-state index contributed by atoms with van der Waals surface area (Å²) < 4.78 is 60.5. The number of benzene rings is 3. The summed E-state index contributed by atoms with van der Waals surface area (Å²) in [7, 11) is -3.53. The van der Waals surface area contributed by atoms with Crippen molar-refractivity contribution in [1.82, 2.24) is 14.7 Å². The van der Waals surface area contributed by atoms with Gasteiger partial charge < -0.3 is 15.7 Å². The van der Waals surface area contributed by atoms with Crippen molar-refractivity contribution in [3.63, 3.8) is 0 Å². The number of carbonyl (C=O) groups is 1. The highest BCUT2D eigenvalue weighted by Crippen LogP contribution is 2.30. The maximum Gasteiger partial charge on any atom is 0.490 e. The van der Waals surface area contributed by atoms with Crippen molar-refractivity contribution in [3.8, 4) is 0 Å². The van der Waals surface area contributed by atoms with Gasteiger partial charge in [0, 0.05) is 25.0 Å². The maximum absolute atomic E-state index is 13.0. The van der Waals surface area contributed by atoms with Crippen LogP contribution in [-0.4, -0.2) is 55.3 Å². The first-order valence-corrected chi connectivity index (χ1v) is 18.0. The molecule has 2 fully saturated rings. The maximum atomic E-state index is 13.0. The quantitative estimate of drug-likeness (QED) is 0.134. The molecular formula is C35H42F3N5O4S. The van der Waals surface area contributed by atoms with Crippen LogP contribution in [0.5, 0.6) is 0 Å². The number of alkyl halides is 3. The number of aliphatic carboxylic acids is 1. The van der Waals surface area contributed by atoms with E-state index in [1.165, 1.54) is 32.1 Å². The van der Waals surface area contributed by atoms with E-state index in [2.05, 4.69) is 27.5 Å². The minimum atomic E-state index is -5.08. The van der Waals surface area contributed by atoms with Gasteiger partial charge in [-0.25, -0.2) is 22.9 Å². The van der Waals surface area contributed by atoms with E-state index < -0.39 is 22.2 Å². The van der Waals surface area contributed by atoms with Crippen LogP contribution in [0.1, 0.15) is 57.8 Å². The van der Waals surface area contributed by atoms with Gasteiger partial charge in [0.15, 0.2) is 0 Å². The Morgan fingerprint density at radius 2 is 1.33 bits per heavy atom. The number of halogens is 3. The third-order valence-electron chi connectivity index (χ3n) is 9.24. The molecule has 0 atom stereocenters. The Labute approximate surface area is 278 Å². The Balaban J connectivity index is 0.000000582. The standard InChI is InChI=1S/C33H41N5O2S.C2HF3O2/c39-41(40,29-19-18-27-10-4-5-11-28(27)20-29)36-23-26-16-14-25(15-17-26)22-35-33-37-31-13-7-6-12-30(31)32(38-33)34-21-24-8-2-1-3-9-24;3-2(4,5)1(6)7/h4-7,10-13,18-20,24-26,36H,1-3,8-9,14-17,21-23H2,(H2,34,35,37,38);(H,6,7). The molecule has 0 saturated heterocycles. The predicted octanol–water partition coefficient (Wildman–Crippen LogP) is 7.61. The molecular weight excluding hydrogens is 643 g/mol. The second kappa shape index (κ2) is 16.0. The molecule has 4 aromatic rings. The molecule has 3 aromatic carbocycles. The summed E-state index contributed by atoms with van der Waals surface area (Å²) in [6.45, 7) is 2.28. The minimum Gasteiger partial charge on any atom is -0.475 e. The Bertz CT molecular complexity index is 1790. The Hall–Kier alpha value is -3.97. The zero-order chi connectivity index (χ0) is 34.1. The Morgan fingerprint density at radius 3 is 2.02 bits per heavy atom. The van der Waals surface area contributed by atoms with E-state index in [9.17, 15) is 21.6 Å². The first-order valence-electron chi connectivity index (χ1n) is 16.5. The number of hydrogen-bond donors (Lipinski definition) is 4. The molecule has 4 N–H and O–H groups in total. The van der Waals surface area contributed by atoms with Gasteiger partial charge in [-0.05, 0) is 91.3 Å². The third kappa shape index (κ3) is 9.79. The molecule has 1 heterocycles. The number of aromatic nitrogens is 2. The summed E-state index contributed by atoms with van der Waals surface area (Å²) in [6.07, 6.45) is 5.71. The molecule has 1 aromatic heterocycles. The number of anilines is 2. The van der Waals surface area contributed by atoms with Crippen molar-refractivity contribution in [2.45, 2.75) is 68.9 Å². The Morgan fingerprint density at radius 1 is 0.750 bits per heavy atom. The molecule has 0 amide bonds. The van der Waals surface area contributed by atoms with E-state index in [-0.39, 0.29) is 0 Å². The average Bonchev–Trinajstić information content (AvgIpc) is 3.09. The van der Waals surface area contributed by atoms with Gasteiger partial charge in [0.2, 0.25) is 16.0 Å². The second-order valence-electron chi connectivity index (χ2n) is 12.7. The first-order chi connectivity index (χ1) is 23.0. The smallest absolute Gasteiger partial charge is 0.475 e. The van der Waals surface area contributed by atoms with Gasteiger partial charge in [-0.1, -0.05) is 61.7 Å². The topological polar surface area (TPSA) is 133 Å². The van der Waals surface area contributed by atoms with Crippen molar-refractivity contribution in [2.24, 2.45) is 17.8 Å². The van der Waals surface area contributed by atoms with Crippen LogP contribution in [0.3, 0.4) is 0 Å². The molecule has 9 nitrogen and oxygen atoms in total. The fourth-order valence-electron chi connectivity index (χ4n) is 6.44. The van der Waals surface area contributed by atoms with Crippen molar-refractivity contribution in [2.75, 3.05) is 30.3 Å². The lowest BCUT2D eigenvalue weighted by Gasteiger charge is -2.28. The number of rotatable bonds is 10. The van der Waals surface area contributed by atoms with Crippen LogP contribution >= 0.6 is 0 Å². The highest BCUT2D eigenvalue weighted by molar-refractivity contribution is 7.89. The average molecular weight is 686 g/mol. The summed E-state index contributed by atoms with van der Waals surface area (Å²) in [5.74, 6) is 0.450. The largest absolute Gasteiger partial charge is 0.490 e.